The lowest BCUT2D eigenvalue weighted by molar-refractivity contribution is -0.385. The third-order valence-corrected chi connectivity index (χ3v) is 6.47. The predicted octanol–water partition coefficient (Wildman–Crippen LogP) is 3.73. The van der Waals surface area contributed by atoms with Gasteiger partial charge in [-0.3, -0.25) is 24.6 Å². The average Bonchev–Trinajstić information content (AvgIpc) is 2.72. The van der Waals surface area contributed by atoms with Crippen molar-refractivity contribution in [2.75, 3.05) is 6.54 Å². The Morgan fingerprint density at radius 2 is 2.07 bits per heavy atom. The van der Waals surface area contributed by atoms with Crippen LogP contribution in [-0.2, 0) is 4.79 Å². The fourth-order valence-electron chi connectivity index (χ4n) is 5.07. The first-order chi connectivity index (χ1) is 14.4. The van der Waals surface area contributed by atoms with Gasteiger partial charge in [0.25, 0.3) is 5.69 Å². The van der Waals surface area contributed by atoms with Crippen molar-refractivity contribution in [3.05, 3.63) is 33.4 Å². The fourth-order valence-corrected chi connectivity index (χ4v) is 5.07. The summed E-state index contributed by atoms with van der Waals surface area (Å²) in [6, 6.07) is 3.65. The molecule has 2 N–H and O–H groups in total. The molecule has 1 aliphatic heterocycles. The van der Waals surface area contributed by atoms with E-state index in [1.807, 2.05) is 0 Å². The van der Waals surface area contributed by atoms with Gasteiger partial charge in [-0.25, -0.2) is 0 Å². The van der Waals surface area contributed by atoms with Crippen LogP contribution in [0.25, 0.3) is 0 Å². The number of amides is 1. The van der Waals surface area contributed by atoms with E-state index in [1.165, 1.54) is 25.7 Å². The van der Waals surface area contributed by atoms with E-state index in [4.69, 9.17) is 10.5 Å². The number of likely N-dealkylation sites (tertiary alicyclic amines) is 1. The molecule has 1 aliphatic carbocycles. The molecule has 3 rings (SSSR count). The standard InChI is InChI=1S/C22H31N3O5/c1-15-11-12-19(17(14-26)22(15)25(28)29)30-21(10-4-9-20(23)27)24-13-5-7-16-6-2-3-8-18(16)24/h11-12,14,16,18,21H,2-10,13H2,1H3,(H2,23,27). The Morgan fingerprint density at radius 3 is 2.77 bits per heavy atom. The van der Waals surface area contributed by atoms with Gasteiger partial charge < -0.3 is 10.5 Å². The number of primary amides is 1. The van der Waals surface area contributed by atoms with Crippen LogP contribution in [0.5, 0.6) is 5.75 Å². The number of hydrogen-bond donors (Lipinski definition) is 1. The topological polar surface area (TPSA) is 116 Å². The van der Waals surface area contributed by atoms with Gasteiger partial charge in [0.1, 0.15) is 11.3 Å². The summed E-state index contributed by atoms with van der Waals surface area (Å²) in [6.45, 7) is 2.49. The number of carbonyl (C=O) groups is 2. The lowest BCUT2D eigenvalue weighted by atomic mass is 9.78. The third-order valence-electron chi connectivity index (χ3n) is 6.47. The zero-order valence-electron chi connectivity index (χ0n) is 17.5. The number of piperidine rings is 1. The SMILES string of the molecule is Cc1ccc(OC(CCCC(N)=O)N2CCCC3CCCCC32)c(C=O)c1[N+](=O)[O-]. The highest BCUT2D eigenvalue weighted by molar-refractivity contribution is 5.86. The van der Waals surface area contributed by atoms with Gasteiger partial charge in [0.05, 0.1) is 4.92 Å². The van der Waals surface area contributed by atoms with Crippen molar-refractivity contribution in [3.63, 3.8) is 0 Å². The monoisotopic (exact) mass is 417 g/mol. The van der Waals surface area contributed by atoms with E-state index in [2.05, 4.69) is 4.90 Å². The number of carbonyl (C=O) groups excluding carboxylic acids is 2. The van der Waals surface area contributed by atoms with E-state index in [1.54, 1.807) is 19.1 Å². The van der Waals surface area contributed by atoms with Crippen LogP contribution in [0.4, 0.5) is 5.69 Å². The summed E-state index contributed by atoms with van der Waals surface area (Å²) in [5.74, 6) is 0.499. The minimum Gasteiger partial charge on any atom is -0.474 e. The maximum Gasteiger partial charge on any atom is 0.286 e. The van der Waals surface area contributed by atoms with Crippen molar-refractivity contribution in [3.8, 4) is 5.75 Å². The van der Waals surface area contributed by atoms with Crippen molar-refractivity contribution >= 4 is 17.9 Å². The van der Waals surface area contributed by atoms with Gasteiger partial charge in [-0.15, -0.1) is 0 Å². The van der Waals surface area contributed by atoms with Crippen LogP contribution in [0.3, 0.4) is 0 Å². The van der Waals surface area contributed by atoms with Crippen LogP contribution in [0, 0.1) is 23.0 Å². The van der Waals surface area contributed by atoms with Crippen LogP contribution in [0.1, 0.15) is 73.7 Å². The van der Waals surface area contributed by atoms with Crippen molar-refractivity contribution in [2.24, 2.45) is 11.7 Å². The fraction of sp³-hybridized carbons (Fsp3) is 0.636. The van der Waals surface area contributed by atoms with Crippen molar-refractivity contribution in [1.82, 2.24) is 4.90 Å². The summed E-state index contributed by atoms with van der Waals surface area (Å²) in [4.78, 5) is 36.3. The second kappa shape index (κ2) is 10.0. The summed E-state index contributed by atoms with van der Waals surface area (Å²) >= 11 is 0. The Hall–Kier alpha value is -2.48. The Labute approximate surface area is 176 Å². The molecule has 1 saturated carbocycles. The van der Waals surface area contributed by atoms with Gasteiger partial charge in [-0.05, 0) is 63.5 Å². The molecule has 2 aliphatic rings. The van der Waals surface area contributed by atoms with Gasteiger partial charge in [0, 0.05) is 24.6 Å². The van der Waals surface area contributed by atoms with E-state index in [-0.39, 0.29) is 35.6 Å². The number of nitrogens with two attached hydrogens (primary N) is 1. The molecule has 0 spiro atoms. The molecule has 0 bridgehead atoms. The smallest absolute Gasteiger partial charge is 0.286 e. The third kappa shape index (κ3) is 4.98. The van der Waals surface area contributed by atoms with Gasteiger partial charge in [-0.1, -0.05) is 12.8 Å². The van der Waals surface area contributed by atoms with Crippen LogP contribution < -0.4 is 10.5 Å². The molecule has 2 fully saturated rings. The van der Waals surface area contributed by atoms with Crippen LogP contribution in [-0.4, -0.2) is 40.8 Å². The normalized spacial score (nSPS) is 22.7. The second-order valence-electron chi connectivity index (χ2n) is 8.44. The highest BCUT2D eigenvalue weighted by Gasteiger charge is 2.38. The minimum atomic E-state index is -0.536. The highest BCUT2D eigenvalue weighted by Crippen LogP contribution is 2.38. The van der Waals surface area contributed by atoms with Gasteiger partial charge in [-0.2, -0.15) is 0 Å². The van der Waals surface area contributed by atoms with E-state index < -0.39 is 4.92 Å². The second-order valence-corrected chi connectivity index (χ2v) is 8.44. The minimum absolute atomic E-state index is 0.0305. The van der Waals surface area contributed by atoms with Gasteiger partial charge in [0.15, 0.2) is 12.5 Å². The zero-order chi connectivity index (χ0) is 21.7. The molecule has 1 heterocycles. The number of hydrogen-bond acceptors (Lipinski definition) is 6. The number of nitro benzene ring substituents is 1. The number of aldehydes is 1. The molecule has 1 saturated heterocycles. The van der Waals surface area contributed by atoms with E-state index in [0.29, 0.717) is 36.7 Å². The Bertz CT molecular complexity index is 795. The highest BCUT2D eigenvalue weighted by atomic mass is 16.6. The molecule has 8 heteroatoms. The van der Waals surface area contributed by atoms with Gasteiger partial charge >= 0.3 is 0 Å². The number of nitro groups is 1. The Kier molecular flexibility index (Phi) is 7.42. The van der Waals surface area contributed by atoms with Crippen LogP contribution in [0.2, 0.25) is 0 Å². The van der Waals surface area contributed by atoms with Crippen LogP contribution in [0.15, 0.2) is 12.1 Å². The molecular formula is C22H31N3O5. The number of benzene rings is 1. The first-order valence-electron chi connectivity index (χ1n) is 10.9. The molecule has 0 radical (unpaired) electrons. The van der Waals surface area contributed by atoms with Crippen molar-refractivity contribution in [1.29, 1.82) is 0 Å². The maximum absolute atomic E-state index is 11.7. The molecular weight excluding hydrogens is 386 g/mol. The summed E-state index contributed by atoms with van der Waals surface area (Å²) in [7, 11) is 0. The van der Waals surface area contributed by atoms with E-state index in [0.717, 1.165) is 19.4 Å². The molecule has 1 aromatic carbocycles. The molecule has 3 unspecified atom stereocenters. The molecule has 3 atom stereocenters. The average molecular weight is 418 g/mol. The molecule has 164 valence electrons. The zero-order valence-corrected chi connectivity index (χ0v) is 17.5. The van der Waals surface area contributed by atoms with Crippen molar-refractivity contribution < 1.29 is 19.2 Å². The predicted molar refractivity (Wildman–Crippen MR) is 112 cm³/mol. The lowest BCUT2D eigenvalue weighted by Gasteiger charge is -2.47. The van der Waals surface area contributed by atoms with Crippen LogP contribution >= 0.6 is 0 Å². The number of rotatable bonds is 9. The Balaban J connectivity index is 1.89. The number of ether oxygens (including phenoxy) is 1. The van der Waals surface area contributed by atoms with E-state index in [9.17, 15) is 19.7 Å². The van der Waals surface area contributed by atoms with Gasteiger partial charge in [0.2, 0.25) is 5.91 Å². The number of aryl methyl sites for hydroxylation is 1. The first kappa shape index (κ1) is 22.2. The molecule has 8 nitrogen and oxygen atoms in total. The van der Waals surface area contributed by atoms with E-state index >= 15 is 0 Å². The number of fused-ring (bicyclic) bond motifs is 1. The molecule has 30 heavy (non-hydrogen) atoms. The number of nitrogens with zero attached hydrogens (tertiary/aromatic N) is 2. The summed E-state index contributed by atoms with van der Waals surface area (Å²) < 4.78 is 6.29. The molecule has 1 aromatic rings. The summed E-state index contributed by atoms with van der Waals surface area (Å²) in [5, 5.41) is 11.5. The largest absolute Gasteiger partial charge is 0.474 e. The maximum atomic E-state index is 11.7. The first-order valence-corrected chi connectivity index (χ1v) is 10.9. The Morgan fingerprint density at radius 1 is 1.33 bits per heavy atom. The summed E-state index contributed by atoms with van der Waals surface area (Å²) in [5.41, 5.74) is 5.49. The molecule has 0 aromatic heterocycles. The quantitative estimate of drug-likeness (QED) is 0.372. The summed E-state index contributed by atoms with van der Waals surface area (Å²) in [6.07, 6.45) is 8.59. The van der Waals surface area contributed by atoms with Crippen molar-refractivity contribution in [2.45, 2.75) is 77.0 Å². The molecule has 1 amide bonds. The lowest BCUT2D eigenvalue weighted by Crippen LogP contribution is -2.53.